The van der Waals surface area contributed by atoms with Crippen molar-refractivity contribution in [2.24, 2.45) is 0 Å². The van der Waals surface area contributed by atoms with Gasteiger partial charge < -0.3 is 0 Å². The number of rotatable bonds is 4. The van der Waals surface area contributed by atoms with Gasteiger partial charge in [0.1, 0.15) is 29.1 Å². The second-order valence-corrected chi connectivity index (χ2v) is 6.71. The van der Waals surface area contributed by atoms with Crippen molar-refractivity contribution in [3.05, 3.63) is 88.8 Å². The molecule has 0 bridgehead atoms. The van der Waals surface area contributed by atoms with E-state index in [-0.39, 0.29) is 23.3 Å². The molecule has 0 saturated carbocycles. The fourth-order valence-corrected chi connectivity index (χ4v) is 3.08. The van der Waals surface area contributed by atoms with Crippen LogP contribution < -0.4 is 0 Å². The molecule has 0 saturated heterocycles. The first-order chi connectivity index (χ1) is 14.5. The van der Waals surface area contributed by atoms with E-state index in [2.05, 4.69) is 0 Å². The molecule has 0 aliphatic heterocycles. The summed E-state index contributed by atoms with van der Waals surface area (Å²) in [5.41, 5.74) is -1.85. The molecule has 3 aromatic rings. The van der Waals surface area contributed by atoms with Gasteiger partial charge in [0, 0.05) is 17.2 Å². The highest BCUT2D eigenvalue weighted by Gasteiger charge is 2.23. The minimum absolute atomic E-state index is 0.0634. The molecular weight excluding hydrogens is 428 g/mol. The van der Waals surface area contributed by atoms with E-state index < -0.39 is 52.0 Å². The van der Waals surface area contributed by atoms with Gasteiger partial charge in [0.15, 0.2) is 0 Å². The van der Waals surface area contributed by atoms with Gasteiger partial charge >= 0.3 is 6.18 Å². The van der Waals surface area contributed by atoms with E-state index in [1.54, 1.807) is 6.07 Å². The number of aryl methyl sites for hydroxylation is 1. The molecule has 31 heavy (non-hydrogen) atoms. The van der Waals surface area contributed by atoms with Gasteiger partial charge in [0.25, 0.3) is 0 Å². The van der Waals surface area contributed by atoms with Crippen LogP contribution in [0, 0.1) is 29.1 Å². The van der Waals surface area contributed by atoms with Crippen molar-refractivity contribution in [1.82, 2.24) is 0 Å². The predicted octanol–water partition coefficient (Wildman–Crippen LogP) is 7.85. The van der Waals surface area contributed by atoms with Gasteiger partial charge in [-0.15, -0.1) is 0 Å². The van der Waals surface area contributed by atoms with Crippen LogP contribution in [0.1, 0.15) is 18.1 Å². The van der Waals surface area contributed by atoms with Crippen LogP contribution in [0.2, 0.25) is 0 Å². The van der Waals surface area contributed by atoms with Crippen LogP contribution in [0.4, 0.5) is 35.1 Å². The van der Waals surface area contributed by atoms with E-state index in [0.717, 1.165) is 12.1 Å². The smallest absolute Gasteiger partial charge is 0.206 e. The number of benzene rings is 3. The lowest BCUT2D eigenvalue weighted by atomic mass is 9.96. The third-order valence-electron chi connectivity index (χ3n) is 4.60. The fourth-order valence-electron chi connectivity index (χ4n) is 3.08. The summed E-state index contributed by atoms with van der Waals surface area (Å²) >= 11 is 0. The lowest BCUT2D eigenvalue weighted by Crippen LogP contribution is -2.01. The molecular formula is C23H14F8. The van der Waals surface area contributed by atoms with Gasteiger partial charge in [-0.1, -0.05) is 19.1 Å². The van der Waals surface area contributed by atoms with Crippen LogP contribution in [0.15, 0.2) is 48.5 Å². The molecule has 0 aromatic heterocycles. The monoisotopic (exact) mass is 442 g/mol. The lowest BCUT2D eigenvalue weighted by Gasteiger charge is -2.11. The highest BCUT2D eigenvalue weighted by atomic mass is 19.4. The van der Waals surface area contributed by atoms with Crippen LogP contribution in [0.25, 0.3) is 28.3 Å². The van der Waals surface area contributed by atoms with Crippen LogP contribution in [-0.4, -0.2) is 6.18 Å². The van der Waals surface area contributed by atoms with Gasteiger partial charge in [-0.25, -0.2) is 22.0 Å². The van der Waals surface area contributed by atoms with E-state index in [4.69, 9.17) is 0 Å². The number of halogens is 8. The molecule has 8 heteroatoms. The maximum absolute atomic E-state index is 14.7. The second kappa shape index (κ2) is 8.53. The molecule has 0 aliphatic carbocycles. The Morgan fingerprint density at radius 2 is 1.26 bits per heavy atom. The zero-order chi connectivity index (χ0) is 22.9. The standard InChI is InChI=1S/C23H14F8/c1-2-12-3-4-15(17(24)7-12)13-8-20(27)22(21(28)9-13)14-10-18(25)16(19(26)11-14)5-6-23(29,30)31/h3-11H,2H2,1H3. The third-order valence-corrected chi connectivity index (χ3v) is 4.60. The maximum atomic E-state index is 14.7. The first-order valence-electron chi connectivity index (χ1n) is 9.03. The molecule has 0 aliphatic rings. The molecule has 0 spiro atoms. The highest BCUT2D eigenvalue weighted by molar-refractivity contribution is 5.73. The number of alkyl halides is 3. The molecule has 162 valence electrons. The van der Waals surface area contributed by atoms with Crippen molar-refractivity contribution in [3.8, 4) is 22.3 Å². The van der Waals surface area contributed by atoms with Crippen LogP contribution in [-0.2, 0) is 6.42 Å². The average Bonchev–Trinajstić information content (AvgIpc) is 2.65. The Morgan fingerprint density at radius 1 is 0.710 bits per heavy atom. The van der Waals surface area contributed by atoms with Gasteiger partial charge in [-0.2, -0.15) is 13.2 Å². The van der Waals surface area contributed by atoms with Crippen molar-refractivity contribution in [2.75, 3.05) is 0 Å². The molecule has 0 amide bonds. The van der Waals surface area contributed by atoms with E-state index in [9.17, 15) is 35.1 Å². The SMILES string of the molecule is CCc1ccc(-c2cc(F)c(-c3cc(F)c(C=CC(F)(F)F)c(F)c3)c(F)c2)c(F)c1. The van der Waals surface area contributed by atoms with Crippen molar-refractivity contribution in [3.63, 3.8) is 0 Å². The molecule has 3 aromatic carbocycles. The van der Waals surface area contributed by atoms with E-state index in [1.807, 2.05) is 6.92 Å². The van der Waals surface area contributed by atoms with E-state index >= 15 is 0 Å². The quantitative estimate of drug-likeness (QED) is 0.361. The Bertz CT molecular complexity index is 1110. The largest absolute Gasteiger partial charge is 0.409 e. The van der Waals surface area contributed by atoms with Crippen molar-refractivity contribution >= 4 is 6.08 Å². The van der Waals surface area contributed by atoms with Gasteiger partial charge in [-0.05, 0) is 59.5 Å². The van der Waals surface area contributed by atoms with Crippen molar-refractivity contribution in [1.29, 1.82) is 0 Å². The van der Waals surface area contributed by atoms with Crippen LogP contribution in [0.3, 0.4) is 0 Å². The molecule has 0 heterocycles. The van der Waals surface area contributed by atoms with Gasteiger partial charge in [-0.3, -0.25) is 0 Å². The summed E-state index contributed by atoms with van der Waals surface area (Å²) in [6.07, 6.45) is -4.41. The molecule has 0 radical (unpaired) electrons. The zero-order valence-electron chi connectivity index (χ0n) is 15.9. The van der Waals surface area contributed by atoms with E-state index in [1.165, 1.54) is 12.1 Å². The summed E-state index contributed by atoms with van der Waals surface area (Å²) in [7, 11) is 0. The Labute approximate surface area is 172 Å². The van der Waals surface area contributed by atoms with Crippen LogP contribution in [0.5, 0.6) is 0 Å². The summed E-state index contributed by atoms with van der Waals surface area (Å²) in [6.45, 7) is 1.81. The minimum Gasteiger partial charge on any atom is -0.206 e. The first kappa shape index (κ1) is 22.5. The Balaban J connectivity index is 2.06. The van der Waals surface area contributed by atoms with Crippen molar-refractivity contribution in [2.45, 2.75) is 19.5 Å². The van der Waals surface area contributed by atoms with Crippen molar-refractivity contribution < 1.29 is 35.1 Å². The fraction of sp³-hybridized carbons (Fsp3) is 0.130. The third kappa shape index (κ3) is 4.95. The predicted molar refractivity (Wildman–Crippen MR) is 102 cm³/mol. The Kier molecular flexibility index (Phi) is 6.20. The normalized spacial score (nSPS) is 12.0. The summed E-state index contributed by atoms with van der Waals surface area (Å²) < 4.78 is 109. The number of hydrogen-bond donors (Lipinski definition) is 0. The molecule has 0 N–H and O–H groups in total. The summed E-state index contributed by atoms with van der Waals surface area (Å²) in [6, 6.07) is 6.87. The topological polar surface area (TPSA) is 0 Å². The average molecular weight is 442 g/mol. The number of hydrogen-bond acceptors (Lipinski definition) is 0. The molecule has 3 rings (SSSR count). The summed E-state index contributed by atoms with van der Waals surface area (Å²) in [5, 5.41) is 0. The molecule has 0 unspecified atom stereocenters. The molecule has 0 atom stereocenters. The molecule has 0 fully saturated rings. The first-order valence-corrected chi connectivity index (χ1v) is 9.03. The Morgan fingerprint density at radius 3 is 1.74 bits per heavy atom. The lowest BCUT2D eigenvalue weighted by molar-refractivity contribution is -0.0790. The van der Waals surface area contributed by atoms with Gasteiger partial charge in [0.2, 0.25) is 0 Å². The zero-order valence-corrected chi connectivity index (χ0v) is 15.9. The Hall–Kier alpha value is -3.16. The second-order valence-electron chi connectivity index (χ2n) is 6.71. The van der Waals surface area contributed by atoms with Crippen LogP contribution >= 0.6 is 0 Å². The summed E-state index contributed by atoms with van der Waals surface area (Å²) in [4.78, 5) is 0. The summed E-state index contributed by atoms with van der Waals surface area (Å²) in [5.74, 6) is -5.99. The number of allylic oxidation sites excluding steroid dienone is 1. The minimum atomic E-state index is -4.80. The molecule has 0 nitrogen and oxygen atoms in total. The highest BCUT2D eigenvalue weighted by Crippen LogP contribution is 2.34. The van der Waals surface area contributed by atoms with Gasteiger partial charge in [0.05, 0.1) is 5.56 Å². The van der Waals surface area contributed by atoms with E-state index in [0.29, 0.717) is 24.1 Å². The maximum Gasteiger partial charge on any atom is 0.409 e.